The number of thioether (sulfide) groups is 1. The first-order valence-corrected chi connectivity index (χ1v) is 8.12. The maximum Gasteiger partial charge on any atom is 0.233 e. The molecule has 21 heavy (non-hydrogen) atoms. The maximum absolute atomic E-state index is 13.7. The largest absolute Gasteiger partial charge is 0.335 e. The fraction of sp³-hybridized carbons (Fsp3) is 0.562. The van der Waals surface area contributed by atoms with Gasteiger partial charge in [-0.3, -0.25) is 4.79 Å². The lowest BCUT2D eigenvalue weighted by Crippen LogP contribution is -2.35. The Bertz CT molecular complexity index is 523. The van der Waals surface area contributed by atoms with E-state index in [1.807, 2.05) is 0 Å². The van der Waals surface area contributed by atoms with E-state index in [1.54, 1.807) is 16.7 Å². The third kappa shape index (κ3) is 4.99. The molecular formula is C16H21F2NOS. The third-order valence-corrected chi connectivity index (χ3v) is 4.55. The second kappa shape index (κ2) is 6.34. The lowest BCUT2D eigenvalue weighted by Gasteiger charge is -2.25. The first-order chi connectivity index (χ1) is 9.76. The van der Waals surface area contributed by atoms with Gasteiger partial charge in [0.1, 0.15) is 11.6 Å². The molecule has 1 aromatic rings. The Morgan fingerprint density at radius 1 is 1.33 bits per heavy atom. The highest BCUT2D eigenvalue weighted by atomic mass is 32.2. The minimum Gasteiger partial charge on any atom is -0.335 e. The molecule has 0 aliphatic heterocycles. The van der Waals surface area contributed by atoms with Gasteiger partial charge in [-0.15, -0.1) is 11.8 Å². The van der Waals surface area contributed by atoms with E-state index in [1.165, 1.54) is 12.1 Å². The van der Waals surface area contributed by atoms with Crippen LogP contribution in [0.25, 0.3) is 0 Å². The van der Waals surface area contributed by atoms with Crippen molar-refractivity contribution >= 4 is 17.7 Å². The van der Waals surface area contributed by atoms with E-state index in [9.17, 15) is 13.6 Å². The van der Waals surface area contributed by atoms with E-state index in [0.29, 0.717) is 11.3 Å². The number of carbonyl (C=O) groups excluding carboxylic acids is 1. The molecule has 5 heteroatoms. The van der Waals surface area contributed by atoms with Crippen LogP contribution in [0.15, 0.2) is 18.2 Å². The van der Waals surface area contributed by atoms with Gasteiger partial charge in [0, 0.05) is 29.0 Å². The summed E-state index contributed by atoms with van der Waals surface area (Å²) in [5.41, 5.74) is 0.373. The van der Waals surface area contributed by atoms with Crippen molar-refractivity contribution in [2.24, 2.45) is 0 Å². The summed E-state index contributed by atoms with van der Waals surface area (Å²) in [5.74, 6) is -0.759. The Morgan fingerprint density at radius 2 is 2.00 bits per heavy atom. The zero-order valence-corrected chi connectivity index (χ0v) is 13.5. The van der Waals surface area contributed by atoms with Gasteiger partial charge in [-0.25, -0.2) is 8.78 Å². The molecule has 0 atom stereocenters. The topological polar surface area (TPSA) is 20.3 Å². The maximum atomic E-state index is 13.7. The summed E-state index contributed by atoms with van der Waals surface area (Å²) < 4.78 is 26.7. The van der Waals surface area contributed by atoms with Crippen LogP contribution in [-0.2, 0) is 11.3 Å². The Morgan fingerprint density at radius 3 is 2.52 bits per heavy atom. The zero-order chi connectivity index (χ0) is 15.6. The van der Waals surface area contributed by atoms with Gasteiger partial charge in [-0.1, -0.05) is 26.8 Å². The van der Waals surface area contributed by atoms with Gasteiger partial charge in [0.05, 0.1) is 5.75 Å². The summed E-state index contributed by atoms with van der Waals surface area (Å²) in [6.07, 6.45) is 1.93. The highest BCUT2D eigenvalue weighted by Crippen LogP contribution is 2.31. The van der Waals surface area contributed by atoms with Gasteiger partial charge in [-0.05, 0) is 18.9 Å². The second-order valence-corrected chi connectivity index (χ2v) is 8.19. The van der Waals surface area contributed by atoms with Crippen molar-refractivity contribution in [3.8, 4) is 0 Å². The molecule has 2 rings (SSSR count). The minimum absolute atomic E-state index is 0.0198. The molecule has 1 aliphatic rings. The molecule has 1 aliphatic carbocycles. The molecule has 0 radical (unpaired) electrons. The molecule has 116 valence electrons. The van der Waals surface area contributed by atoms with Crippen LogP contribution >= 0.6 is 11.8 Å². The van der Waals surface area contributed by atoms with E-state index in [0.717, 1.165) is 18.9 Å². The number of benzene rings is 1. The molecule has 1 aromatic carbocycles. The van der Waals surface area contributed by atoms with E-state index in [-0.39, 0.29) is 23.2 Å². The van der Waals surface area contributed by atoms with Crippen molar-refractivity contribution in [1.29, 1.82) is 0 Å². The SMILES string of the molecule is CC(C)(C)SCC(=O)N(Cc1ccc(F)cc1F)C1CC1. The van der Waals surface area contributed by atoms with E-state index >= 15 is 0 Å². The van der Waals surface area contributed by atoms with Crippen molar-refractivity contribution in [1.82, 2.24) is 4.90 Å². The van der Waals surface area contributed by atoms with Gasteiger partial charge >= 0.3 is 0 Å². The van der Waals surface area contributed by atoms with Crippen LogP contribution in [0.3, 0.4) is 0 Å². The smallest absolute Gasteiger partial charge is 0.233 e. The Labute approximate surface area is 128 Å². The van der Waals surface area contributed by atoms with Crippen molar-refractivity contribution < 1.29 is 13.6 Å². The molecule has 0 bridgehead atoms. The lowest BCUT2D eigenvalue weighted by molar-refractivity contribution is -0.129. The quantitative estimate of drug-likeness (QED) is 0.819. The van der Waals surface area contributed by atoms with E-state index < -0.39 is 11.6 Å². The highest BCUT2D eigenvalue weighted by molar-refractivity contribution is 8.01. The molecule has 1 amide bonds. The van der Waals surface area contributed by atoms with Gasteiger partial charge in [-0.2, -0.15) is 0 Å². The van der Waals surface area contributed by atoms with Gasteiger partial charge in [0.15, 0.2) is 0 Å². The second-order valence-electron chi connectivity index (χ2n) is 6.39. The summed E-state index contributed by atoms with van der Waals surface area (Å²) in [5, 5.41) is 0. The van der Waals surface area contributed by atoms with E-state index in [2.05, 4.69) is 20.8 Å². The van der Waals surface area contributed by atoms with Crippen LogP contribution in [-0.4, -0.2) is 27.3 Å². The Hall–Kier alpha value is -1.10. The summed E-state index contributed by atoms with van der Waals surface area (Å²) in [7, 11) is 0. The summed E-state index contributed by atoms with van der Waals surface area (Å²) >= 11 is 1.59. The standard InChI is InChI=1S/C16H21F2NOS/c1-16(2,3)21-10-15(20)19(13-6-7-13)9-11-4-5-12(17)8-14(11)18/h4-5,8,13H,6-7,9-10H2,1-3H3. The molecule has 0 unspecified atom stereocenters. The van der Waals surface area contributed by atoms with Gasteiger partial charge in [0.2, 0.25) is 5.91 Å². The minimum atomic E-state index is -0.594. The predicted octanol–water partition coefficient (Wildman–Crippen LogP) is 3.99. The zero-order valence-electron chi connectivity index (χ0n) is 12.7. The molecular weight excluding hydrogens is 292 g/mol. The van der Waals surface area contributed by atoms with Crippen LogP contribution in [0.5, 0.6) is 0 Å². The molecule has 0 heterocycles. The number of hydrogen-bond acceptors (Lipinski definition) is 2. The molecule has 1 fully saturated rings. The number of nitrogens with zero attached hydrogens (tertiary/aromatic N) is 1. The summed E-state index contributed by atoms with van der Waals surface area (Å²) in [6.45, 7) is 6.41. The normalized spacial score (nSPS) is 15.1. The molecule has 0 aromatic heterocycles. The van der Waals surface area contributed by atoms with Gasteiger partial charge in [0.25, 0.3) is 0 Å². The van der Waals surface area contributed by atoms with Crippen LogP contribution in [0.2, 0.25) is 0 Å². The van der Waals surface area contributed by atoms with Crippen LogP contribution in [0, 0.1) is 11.6 Å². The number of halogens is 2. The number of rotatable bonds is 5. The average Bonchev–Trinajstić information content (AvgIpc) is 3.18. The third-order valence-electron chi connectivity index (χ3n) is 3.29. The first kappa shape index (κ1) is 16.3. The Kier molecular flexibility index (Phi) is 4.91. The fourth-order valence-corrected chi connectivity index (χ4v) is 2.72. The number of carbonyl (C=O) groups is 1. The monoisotopic (exact) mass is 313 g/mol. The van der Waals surface area contributed by atoms with Crippen LogP contribution < -0.4 is 0 Å². The summed E-state index contributed by atoms with van der Waals surface area (Å²) in [6, 6.07) is 3.74. The molecule has 2 nitrogen and oxygen atoms in total. The molecule has 0 spiro atoms. The van der Waals surface area contributed by atoms with E-state index in [4.69, 9.17) is 0 Å². The Balaban J connectivity index is 2.04. The lowest BCUT2D eigenvalue weighted by atomic mass is 10.2. The van der Waals surface area contributed by atoms with Crippen molar-refractivity contribution in [2.75, 3.05) is 5.75 Å². The molecule has 0 saturated heterocycles. The van der Waals surface area contributed by atoms with Gasteiger partial charge < -0.3 is 4.90 Å². The number of hydrogen-bond donors (Lipinski definition) is 0. The highest BCUT2D eigenvalue weighted by Gasteiger charge is 2.33. The predicted molar refractivity (Wildman–Crippen MR) is 82.1 cm³/mol. The first-order valence-electron chi connectivity index (χ1n) is 7.13. The number of amides is 1. The van der Waals surface area contributed by atoms with Crippen molar-refractivity contribution in [3.63, 3.8) is 0 Å². The van der Waals surface area contributed by atoms with Crippen molar-refractivity contribution in [3.05, 3.63) is 35.4 Å². The van der Waals surface area contributed by atoms with Crippen LogP contribution in [0.1, 0.15) is 39.2 Å². The van der Waals surface area contributed by atoms with Crippen molar-refractivity contribution in [2.45, 2.75) is 50.9 Å². The summed E-state index contributed by atoms with van der Waals surface area (Å²) in [4.78, 5) is 14.1. The molecule has 0 N–H and O–H groups in total. The van der Waals surface area contributed by atoms with Crippen LogP contribution in [0.4, 0.5) is 8.78 Å². The molecule has 1 saturated carbocycles. The average molecular weight is 313 g/mol. The fourth-order valence-electron chi connectivity index (χ4n) is 2.00.